The van der Waals surface area contributed by atoms with Crippen LogP contribution in [-0.2, 0) is 9.53 Å². The van der Waals surface area contributed by atoms with Crippen molar-refractivity contribution < 1.29 is 14.3 Å². The summed E-state index contributed by atoms with van der Waals surface area (Å²) in [7, 11) is 0. The van der Waals surface area contributed by atoms with E-state index in [4.69, 9.17) is 21.1 Å². The summed E-state index contributed by atoms with van der Waals surface area (Å²) in [4.78, 5) is 14.6. The van der Waals surface area contributed by atoms with Gasteiger partial charge in [-0.05, 0) is 36.2 Å². The van der Waals surface area contributed by atoms with Crippen LogP contribution in [-0.4, -0.2) is 50.3 Å². The standard InChI is InChI=1S/C21H25ClN2O3/c1-16-5-4-6-17(13-16)27-15-21(25)23-14-20(24-9-11-26-12-10-24)18-7-2-3-8-19(18)22/h2-8,13,20H,9-12,14-15H2,1H3,(H,23,25). The lowest BCUT2D eigenvalue weighted by Crippen LogP contribution is -2.44. The number of ether oxygens (including phenoxy) is 2. The third-order valence-corrected chi connectivity index (χ3v) is 4.95. The maximum absolute atomic E-state index is 12.3. The Bertz CT molecular complexity index is 763. The zero-order valence-electron chi connectivity index (χ0n) is 15.5. The summed E-state index contributed by atoms with van der Waals surface area (Å²) in [6.45, 7) is 5.44. The number of hydrogen-bond donors (Lipinski definition) is 1. The molecule has 1 saturated heterocycles. The van der Waals surface area contributed by atoms with Crippen LogP contribution in [0.1, 0.15) is 17.2 Å². The maximum atomic E-state index is 12.3. The van der Waals surface area contributed by atoms with Crippen molar-refractivity contribution in [2.24, 2.45) is 0 Å². The smallest absolute Gasteiger partial charge is 0.258 e. The van der Waals surface area contributed by atoms with Gasteiger partial charge in [0.2, 0.25) is 0 Å². The molecule has 1 aliphatic heterocycles. The highest BCUT2D eigenvalue weighted by atomic mass is 35.5. The first-order valence-corrected chi connectivity index (χ1v) is 9.53. The van der Waals surface area contributed by atoms with E-state index in [-0.39, 0.29) is 18.6 Å². The largest absolute Gasteiger partial charge is 0.484 e. The Morgan fingerprint density at radius 1 is 1.22 bits per heavy atom. The zero-order valence-corrected chi connectivity index (χ0v) is 16.2. The molecule has 0 aromatic heterocycles. The highest BCUT2D eigenvalue weighted by Gasteiger charge is 2.24. The van der Waals surface area contributed by atoms with Crippen molar-refractivity contribution in [3.63, 3.8) is 0 Å². The number of benzene rings is 2. The molecule has 1 N–H and O–H groups in total. The van der Waals surface area contributed by atoms with Crippen LogP contribution < -0.4 is 10.1 Å². The minimum absolute atomic E-state index is 0.00511. The van der Waals surface area contributed by atoms with E-state index >= 15 is 0 Å². The van der Waals surface area contributed by atoms with Crippen LogP contribution in [0.25, 0.3) is 0 Å². The van der Waals surface area contributed by atoms with Crippen molar-refractivity contribution in [2.45, 2.75) is 13.0 Å². The molecular formula is C21H25ClN2O3. The predicted octanol–water partition coefficient (Wildman–Crippen LogP) is 3.22. The molecule has 0 aliphatic carbocycles. The van der Waals surface area contributed by atoms with Crippen LogP contribution in [0.2, 0.25) is 5.02 Å². The van der Waals surface area contributed by atoms with Crippen LogP contribution >= 0.6 is 11.6 Å². The number of morpholine rings is 1. The third-order valence-electron chi connectivity index (χ3n) is 4.60. The van der Waals surface area contributed by atoms with Gasteiger partial charge in [-0.1, -0.05) is 41.9 Å². The van der Waals surface area contributed by atoms with Gasteiger partial charge in [-0.2, -0.15) is 0 Å². The molecule has 2 aromatic carbocycles. The monoisotopic (exact) mass is 388 g/mol. The minimum atomic E-state index is -0.151. The molecule has 3 rings (SSSR count). The first-order valence-electron chi connectivity index (χ1n) is 9.16. The highest BCUT2D eigenvalue weighted by molar-refractivity contribution is 6.31. The molecular weight excluding hydrogens is 364 g/mol. The van der Waals surface area contributed by atoms with E-state index in [2.05, 4.69) is 10.2 Å². The summed E-state index contributed by atoms with van der Waals surface area (Å²) in [5.74, 6) is 0.544. The number of halogens is 1. The van der Waals surface area contributed by atoms with Crippen molar-refractivity contribution in [2.75, 3.05) is 39.5 Å². The number of hydrogen-bond acceptors (Lipinski definition) is 4. The average Bonchev–Trinajstić information content (AvgIpc) is 2.69. The van der Waals surface area contributed by atoms with Gasteiger partial charge in [-0.25, -0.2) is 0 Å². The number of amides is 1. The van der Waals surface area contributed by atoms with Crippen molar-refractivity contribution in [1.29, 1.82) is 0 Å². The second-order valence-corrected chi connectivity index (χ2v) is 7.00. The molecule has 1 amide bonds. The molecule has 6 heteroatoms. The molecule has 0 bridgehead atoms. The van der Waals surface area contributed by atoms with Gasteiger partial charge in [0.15, 0.2) is 6.61 Å². The molecule has 144 valence electrons. The van der Waals surface area contributed by atoms with Gasteiger partial charge < -0.3 is 14.8 Å². The molecule has 27 heavy (non-hydrogen) atoms. The minimum Gasteiger partial charge on any atom is -0.484 e. The van der Waals surface area contributed by atoms with E-state index in [9.17, 15) is 4.79 Å². The zero-order chi connectivity index (χ0) is 19.1. The van der Waals surface area contributed by atoms with Crippen molar-refractivity contribution >= 4 is 17.5 Å². The van der Waals surface area contributed by atoms with Crippen molar-refractivity contribution in [3.8, 4) is 5.75 Å². The van der Waals surface area contributed by atoms with E-state index in [1.54, 1.807) is 0 Å². The van der Waals surface area contributed by atoms with Gasteiger partial charge in [0, 0.05) is 24.7 Å². The molecule has 2 aromatic rings. The molecule has 0 spiro atoms. The molecule has 1 aliphatic rings. The van der Waals surface area contributed by atoms with Crippen LogP contribution in [0.5, 0.6) is 5.75 Å². The van der Waals surface area contributed by atoms with Crippen LogP contribution in [0.15, 0.2) is 48.5 Å². The lowest BCUT2D eigenvalue weighted by atomic mass is 10.0. The van der Waals surface area contributed by atoms with E-state index in [1.165, 1.54) is 0 Å². The summed E-state index contributed by atoms with van der Waals surface area (Å²) in [5.41, 5.74) is 2.11. The predicted molar refractivity (Wildman–Crippen MR) is 106 cm³/mol. The first-order chi connectivity index (χ1) is 13.1. The Morgan fingerprint density at radius 3 is 2.74 bits per heavy atom. The molecule has 0 radical (unpaired) electrons. The molecule has 1 unspecified atom stereocenters. The number of nitrogens with zero attached hydrogens (tertiary/aromatic N) is 1. The van der Waals surface area contributed by atoms with E-state index in [0.29, 0.717) is 30.5 Å². The molecule has 1 fully saturated rings. The lowest BCUT2D eigenvalue weighted by Gasteiger charge is -2.35. The lowest BCUT2D eigenvalue weighted by molar-refractivity contribution is -0.123. The van der Waals surface area contributed by atoms with E-state index in [0.717, 1.165) is 24.2 Å². The Morgan fingerprint density at radius 2 is 2.00 bits per heavy atom. The fourth-order valence-electron chi connectivity index (χ4n) is 3.19. The topological polar surface area (TPSA) is 50.8 Å². The Hall–Kier alpha value is -2.08. The summed E-state index contributed by atoms with van der Waals surface area (Å²) in [5, 5.41) is 3.69. The maximum Gasteiger partial charge on any atom is 0.258 e. The number of carbonyl (C=O) groups excluding carboxylic acids is 1. The van der Waals surface area contributed by atoms with Crippen LogP contribution in [0.4, 0.5) is 0 Å². The van der Waals surface area contributed by atoms with Gasteiger partial charge in [-0.15, -0.1) is 0 Å². The highest BCUT2D eigenvalue weighted by Crippen LogP contribution is 2.27. The van der Waals surface area contributed by atoms with Crippen molar-refractivity contribution in [3.05, 3.63) is 64.7 Å². The summed E-state index contributed by atoms with van der Waals surface area (Å²) >= 11 is 6.41. The Kier molecular flexibility index (Phi) is 7.10. The van der Waals surface area contributed by atoms with Gasteiger partial charge in [0.1, 0.15) is 5.75 Å². The van der Waals surface area contributed by atoms with Crippen LogP contribution in [0, 0.1) is 6.92 Å². The summed E-state index contributed by atoms with van der Waals surface area (Å²) in [6.07, 6.45) is 0. The summed E-state index contributed by atoms with van der Waals surface area (Å²) in [6, 6.07) is 15.4. The van der Waals surface area contributed by atoms with Gasteiger partial charge in [0.05, 0.1) is 19.3 Å². The fraction of sp³-hybridized carbons (Fsp3) is 0.381. The average molecular weight is 389 g/mol. The number of aryl methyl sites for hydroxylation is 1. The van der Waals surface area contributed by atoms with Gasteiger partial charge in [-0.3, -0.25) is 9.69 Å². The van der Waals surface area contributed by atoms with Gasteiger partial charge in [0.25, 0.3) is 5.91 Å². The molecule has 5 nitrogen and oxygen atoms in total. The number of carbonyl (C=O) groups is 1. The second-order valence-electron chi connectivity index (χ2n) is 6.59. The third kappa shape index (κ3) is 5.70. The molecule has 0 saturated carbocycles. The SMILES string of the molecule is Cc1cccc(OCC(=O)NCC(c2ccccc2Cl)N2CCOCC2)c1. The normalized spacial score (nSPS) is 15.9. The van der Waals surface area contributed by atoms with Crippen LogP contribution in [0.3, 0.4) is 0 Å². The first kappa shape index (κ1) is 19.7. The Labute approximate surface area is 165 Å². The quantitative estimate of drug-likeness (QED) is 0.791. The van der Waals surface area contributed by atoms with E-state index < -0.39 is 0 Å². The molecule has 1 atom stereocenters. The second kappa shape index (κ2) is 9.74. The fourth-order valence-corrected chi connectivity index (χ4v) is 3.45. The number of rotatable bonds is 7. The molecule has 1 heterocycles. The summed E-state index contributed by atoms with van der Waals surface area (Å²) < 4.78 is 11.0. The van der Waals surface area contributed by atoms with Gasteiger partial charge >= 0.3 is 0 Å². The number of nitrogens with one attached hydrogen (secondary N) is 1. The van der Waals surface area contributed by atoms with Crippen molar-refractivity contribution in [1.82, 2.24) is 10.2 Å². The Balaban J connectivity index is 1.60. The van der Waals surface area contributed by atoms with E-state index in [1.807, 2.05) is 55.5 Å².